The average Bonchev–Trinajstić information content (AvgIpc) is 2.51. The van der Waals surface area contributed by atoms with Crippen LogP contribution in [0.1, 0.15) is 94.9 Å². The van der Waals surface area contributed by atoms with E-state index in [4.69, 9.17) is 9.47 Å². The molecule has 0 heterocycles. The quantitative estimate of drug-likeness (QED) is 0.196. The first-order chi connectivity index (χ1) is 13.2. The van der Waals surface area contributed by atoms with Crippen molar-refractivity contribution in [3.05, 3.63) is 0 Å². The standard InChI is InChI=1S/2C11H20O4.K.Li/c2*1-6-11(5,10(2,3)4)15-9(14)7-8(12)13;;/h2*6-7H2,1-5H3,(H,12,13);;/q;;2*+1/p-2. The van der Waals surface area contributed by atoms with Crippen LogP contribution in [-0.4, -0.2) is 35.1 Å². The van der Waals surface area contributed by atoms with E-state index in [2.05, 4.69) is 0 Å². The molecule has 0 aliphatic carbocycles. The smallest absolute Gasteiger partial charge is 0.550 e. The summed E-state index contributed by atoms with van der Waals surface area (Å²) >= 11 is 0. The van der Waals surface area contributed by atoms with E-state index in [1.54, 1.807) is 13.8 Å². The molecule has 0 bridgehead atoms. The van der Waals surface area contributed by atoms with Crippen molar-refractivity contribution in [1.29, 1.82) is 0 Å². The maximum atomic E-state index is 11.2. The molecule has 0 aromatic heterocycles. The number of carbonyl (C=O) groups is 4. The Morgan fingerprint density at radius 1 is 0.625 bits per heavy atom. The molecular formula is C22H38KLiO8. The number of carboxylic acid groups (broad SMARTS) is 2. The van der Waals surface area contributed by atoms with Crippen molar-refractivity contribution >= 4 is 23.9 Å². The van der Waals surface area contributed by atoms with Crippen LogP contribution in [0.3, 0.4) is 0 Å². The van der Waals surface area contributed by atoms with Gasteiger partial charge in [0.05, 0.1) is 24.8 Å². The first-order valence-electron chi connectivity index (χ1n) is 10.1. The number of rotatable bonds is 8. The van der Waals surface area contributed by atoms with E-state index in [9.17, 15) is 29.4 Å². The van der Waals surface area contributed by atoms with Crippen LogP contribution in [0, 0.1) is 10.8 Å². The number of ether oxygens (including phenoxy) is 2. The van der Waals surface area contributed by atoms with Gasteiger partial charge in [-0.3, -0.25) is 9.59 Å². The molecule has 0 rings (SSSR count). The molecule has 0 fully saturated rings. The Balaban J connectivity index is -0.000000231. The zero-order chi connectivity index (χ0) is 24.6. The van der Waals surface area contributed by atoms with E-state index >= 15 is 0 Å². The SMILES string of the molecule is CCC(C)(OC(=O)CC(=O)[O-])C(C)(C)C.CCC(C)(OC(=O)CC(=O)[O-])C(C)(C)C.[K+].[Li+]. The molecule has 0 saturated heterocycles. The van der Waals surface area contributed by atoms with Gasteiger partial charge in [0.1, 0.15) is 11.2 Å². The molecule has 0 aromatic carbocycles. The summed E-state index contributed by atoms with van der Waals surface area (Å²) in [6.45, 7) is 19.1. The summed E-state index contributed by atoms with van der Waals surface area (Å²) in [7, 11) is 0. The van der Waals surface area contributed by atoms with Gasteiger partial charge in [-0.1, -0.05) is 55.4 Å². The molecule has 2 unspecified atom stereocenters. The van der Waals surface area contributed by atoms with E-state index in [0.29, 0.717) is 12.8 Å². The van der Waals surface area contributed by atoms with Gasteiger partial charge in [-0.05, 0) is 26.7 Å². The Morgan fingerprint density at radius 3 is 0.969 bits per heavy atom. The normalized spacial score (nSPS) is 14.6. The number of carbonyl (C=O) groups excluding carboxylic acids is 4. The second-order valence-electron chi connectivity index (χ2n) is 9.71. The number of aliphatic carboxylic acids is 2. The summed E-state index contributed by atoms with van der Waals surface area (Å²) in [5.41, 5.74) is -1.77. The first-order valence-corrected chi connectivity index (χ1v) is 10.1. The summed E-state index contributed by atoms with van der Waals surface area (Å²) in [6.07, 6.45) is -0.109. The fraction of sp³-hybridized carbons (Fsp3) is 0.818. The van der Waals surface area contributed by atoms with Crippen LogP contribution in [0.2, 0.25) is 0 Å². The van der Waals surface area contributed by atoms with Gasteiger partial charge in [-0.2, -0.15) is 0 Å². The molecule has 2 atom stereocenters. The summed E-state index contributed by atoms with van der Waals surface area (Å²) in [5, 5.41) is 20.4. The van der Waals surface area contributed by atoms with Gasteiger partial charge in [0.15, 0.2) is 0 Å². The van der Waals surface area contributed by atoms with Gasteiger partial charge < -0.3 is 29.3 Å². The Hall–Kier alpha value is 0.114. The number of hydrogen-bond acceptors (Lipinski definition) is 8. The second kappa shape index (κ2) is 15.9. The largest absolute Gasteiger partial charge is 1.00 e. The Bertz CT molecular complexity index is 570. The predicted molar refractivity (Wildman–Crippen MR) is 108 cm³/mol. The molecule has 10 heteroatoms. The molecule has 0 saturated carbocycles. The molecule has 176 valence electrons. The minimum atomic E-state index is -1.41. The maximum Gasteiger partial charge on any atom is 1.00 e. The van der Waals surface area contributed by atoms with Crippen LogP contribution in [0.15, 0.2) is 0 Å². The monoisotopic (exact) mass is 476 g/mol. The van der Waals surface area contributed by atoms with Gasteiger partial charge in [-0.15, -0.1) is 0 Å². The van der Waals surface area contributed by atoms with E-state index in [1.807, 2.05) is 55.4 Å². The van der Waals surface area contributed by atoms with Crippen molar-refractivity contribution in [2.24, 2.45) is 10.8 Å². The minimum absolute atomic E-state index is 0. The van der Waals surface area contributed by atoms with E-state index in [0.717, 1.165) is 0 Å². The summed E-state index contributed by atoms with van der Waals surface area (Å²) in [5.74, 6) is -4.30. The second-order valence-corrected chi connectivity index (χ2v) is 9.71. The molecule has 0 aliphatic rings. The van der Waals surface area contributed by atoms with Crippen LogP contribution in [-0.2, 0) is 28.7 Å². The van der Waals surface area contributed by atoms with E-state index in [-0.39, 0.29) is 81.1 Å². The van der Waals surface area contributed by atoms with Gasteiger partial charge in [0.2, 0.25) is 0 Å². The third-order valence-electron chi connectivity index (χ3n) is 5.78. The molecule has 0 spiro atoms. The Morgan fingerprint density at radius 2 is 0.844 bits per heavy atom. The molecule has 32 heavy (non-hydrogen) atoms. The molecule has 8 nitrogen and oxygen atoms in total. The topological polar surface area (TPSA) is 133 Å². The molecule has 0 N–H and O–H groups in total. The zero-order valence-corrected chi connectivity index (χ0v) is 25.2. The van der Waals surface area contributed by atoms with Gasteiger partial charge >= 0.3 is 82.2 Å². The Kier molecular flexibility index (Phi) is 19.6. The molecule has 0 aliphatic heterocycles. The molecule has 0 aromatic rings. The summed E-state index contributed by atoms with van der Waals surface area (Å²) < 4.78 is 10.4. The fourth-order valence-electron chi connectivity index (χ4n) is 2.32. The third kappa shape index (κ3) is 14.4. The van der Waals surface area contributed by atoms with Crippen molar-refractivity contribution in [3.8, 4) is 0 Å². The zero-order valence-electron chi connectivity index (χ0n) is 22.1. The number of carboxylic acids is 2. The summed E-state index contributed by atoms with van der Waals surface area (Å²) in [4.78, 5) is 42.9. The van der Waals surface area contributed by atoms with Crippen LogP contribution in [0.25, 0.3) is 0 Å². The third-order valence-corrected chi connectivity index (χ3v) is 5.78. The van der Waals surface area contributed by atoms with Gasteiger partial charge in [-0.25, -0.2) is 0 Å². The predicted octanol–water partition coefficient (Wildman–Crippen LogP) is -4.22. The number of hydrogen-bond donors (Lipinski definition) is 0. The maximum absolute atomic E-state index is 11.2. The minimum Gasteiger partial charge on any atom is -0.550 e. The fourth-order valence-corrected chi connectivity index (χ4v) is 2.32. The van der Waals surface area contributed by atoms with Gasteiger partial charge in [0, 0.05) is 10.8 Å². The van der Waals surface area contributed by atoms with E-state index in [1.165, 1.54) is 0 Å². The first kappa shape index (κ1) is 39.3. The van der Waals surface area contributed by atoms with Crippen molar-refractivity contribution in [2.75, 3.05) is 0 Å². The molecular weight excluding hydrogens is 438 g/mol. The summed E-state index contributed by atoms with van der Waals surface area (Å²) in [6, 6.07) is 0. The average molecular weight is 477 g/mol. The van der Waals surface area contributed by atoms with Gasteiger partial charge in [0.25, 0.3) is 0 Å². The van der Waals surface area contributed by atoms with Crippen LogP contribution >= 0.6 is 0 Å². The van der Waals surface area contributed by atoms with Crippen molar-refractivity contribution in [2.45, 2.75) is 106 Å². The number of esters is 2. The molecule has 0 amide bonds. The van der Waals surface area contributed by atoms with Crippen LogP contribution < -0.4 is 80.5 Å². The van der Waals surface area contributed by atoms with Crippen molar-refractivity contribution < 1.29 is 109 Å². The van der Waals surface area contributed by atoms with Crippen molar-refractivity contribution in [1.82, 2.24) is 0 Å². The molecule has 0 radical (unpaired) electrons. The van der Waals surface area contributed by atoms with Crippen LogP contribution in [0.5, 0.6) is 0 Å². The van der Waals surface area contributed by atoms with Crippen LogP contribution in [0.4, 0.5) is 0 Å². The van der Waals surface area contributed by atoms with E-state index < -0.39 is 47.9 Å². The van der Waals surface area contributed by atoms with Crippen molar-refractivity contribution in [3.63, 3.8) is 0 Å². The Labute approximate surface area is 247 Å².